The third kappa shape index (κ3) is 0.504. The van der Waals surface area contributed by atoms with E-state index in [1.165, 1.54) is 0 Å². The first-order valence-electron chi connectivity index (χ1n) is 2.97. The molecular formula is C5H8. The fraction of sp³-hybridized carbons (Fsp3) is 0.600. The van der Waals surface area contributed by atoms with E-state index in [0.717, 1.165) is 0 Å². The van der Waals surface area contributed by atoms with Crippen LogP contribution in [-0.4, -0.2) is 0 Å². The van der Waals surface area contributed by atoms with Crippen molar-refractivity contribution in [3.8, 4) is 0 Å². The Hall–Kier alpha value is -0.260. The van der Waals surface area contributed by atoms with Gasteiger partial charge in [-0.3, -0.25) is 0 Å². The second-order valence-electron chi connectivity index (χ2n) is 1.09. The molecular weight excluding hydrogens is 60.1 g/mol. The SMILES string of the molecule is [2H][C@@H]1C=C[C@H]([2H])C1. The fourth-order valence-corrected chi connectivity index (χ4v) is 0.393. The monoisotopic (exact) mass is 70.1 g/mol. The zero-order valence-corrected chi connectivity index (χ0v) is 3.02. The summed E-state index contributed by atoms with van der Waals surface area (Å²) < 4.78 is 14.1. The standard InChI is InChI=1S/C5H8/c1-2-4-5-3-1/h1-2H,3-5H2/i3D,4D/t3-,4+. The largest absolute Gasteiger partial charge is 0.0885 e. The van der Waals surface area contributed by atoms with Crippen LogP contribution in [0, 0.1) is 0 Å². The smallest absolute Gasteiger partial charge is 0.0310 e. The van der Waals surface area contributed by atoms with Crippen LogP contribution in [0.4, 0.5) is 0 Å². The zero-order chi connectivity index (χ0) is 5.28. The Morgan fingerprint density at radius 3 is 2.20 bits per heavy atom. The second kappa shape index (κ2) is 1.25. The van der Waals surface area contributed by atoms with Crippen LogP contribution in [0.3, 0.4) is 0 Å². The maximum Gasteiger partial charge on any atom is 0.0310 e. The average molecular weight is 70.1 g/mol. The molecule has 0 unspecified atom stereocenters. The van der Waals surface area contributed by atoms with E-state index in [9.17, 15) is 0 Å². The molecule has 0 nitrogen and oxygen atoms in total. The molecule has 0 aliphatic heterocycles. The average Bonchev–Trinajstić information content (AvgIpc) is 1.87. The summed E-state index contributed by atoms with van der Waals surface area (Å²) in [6.07, 6.45) is 4.06. The van der Waals surface area contributed by atoms with Crippen LogP contribution in [-0.2, 0) is 0 Å². The van der Waals surface area contributed by atoms with E-state index in [1.54, 1.807) is 12.2 Å². The lowest BCUT2D eigenvalue weighted by Crippen LogP contribution is -1.50. The molecule has 0 fully saturated rings. The van der Waals surface area contributed by atoms with Crippen molar-refractivity contribution in [2.45, 2.75) is 19.2 Å². The summed E-state index contributed by atoms with van der Waals surface area (Å²) in [5.41, 5.74) is 0. The molecule has 1 aliphatic carbocycles. The van der Waals surface area contributed by atoms with Crippen molar-refractivity contribution < 1.29 is 2.74 Å². The first-order chi connectivity index (χ1) is 3.29. The molecule has 28 valence electrons. The Bertz CT molecular complexity index is 78.1. The molecule has 0 aromatic rings. The van der Waals surface area contributed by atoms with Crippen molar-refractivity contribution >= 4 is 0 Å². The van der Waals surface area contributed by atoms with Crippen LogP contribution < -0.4 is 0 Å². The lowest BCUT2D eigenvalue weighted by atomic mass is 10.4. The second-order valence-corrected chi connectivity index (χ2v) is 1.09. The zero-order valence-electron chi connectivity index (χ0n) is 5.02. The predicted octanol–water partition coefficient (Wildman–Crippen LogP) is 1.73. The summed E-state index contributed by atoms with van der Waals surface area (Å²) in [6, 6.07) is 0. The minimum absolute atomic E-state index is 0.0949. The number of allylic oxidation sites excluding steroid dienone is 2. The van der Waals surface area contributed by atoms with Gasteiger partial charge in [-0.25, -0.2) is 0 Å². The van der Waals surface area contributed by atoms with E-state index >= 15 is 0 Å². The fourth-order valence-electron chi connectivity index (χ4n) is 0.393. The highest BCUT2D eigenvalue weighted by Crippen LogP contribution is 2.05. The summed E-state index contributed by atoms with van der Waals surface area (Å²) in [5, 5.41) is 0. The van der Waals surface area contributed by atoms with E-state index in [2.05, 4.69) is 0 Å². The van der Waals surface area contributed by atoms with Crippen molar-refractivity contribution in [3.63, 3.8) is 0 Å². The third-order valence-electron chi connectivity index (χ3n) is 0.655. The van der Waals surface area contributed by atoms with Crippen LogP contribution in [0.1, 0.15) is 22.0 Å². The van der Waals surface area contributed by atoms with Gasteiger partial charge in [0.25, 0.3) is 0 Å². The van der Waals surface area contributed by atoms with Crippen molar-refractivity contribution in [2.75, 3.05) is 0 Å². The maximum atomic E-state index is 7.06. The highest BCUT2D eigenvalue weighted by atomic mass is 13.9. The lowest BCUT2D eigenvalue weighted by molar-refractivity contribution is 0.929. The molecule has 0 heterocycles. The molecule has 1 rings (SSSR count). The quantitative estimate of drug-likeness (QED) is 0.381. The molecule has 0 heteroatoms. The molecule has 0 saturated heterocycles. The van der Waals surface area contributed by atoms with E-state index in [-0.39, 0.29) is 12.8 Å². The van der Waals surface area contributed by atoms with Gasteiger partial charge in [-0.15, -0.1) is 0 Å². The molecule has 0 bridgehead atoms. The number of hydrogen-bond acceptors (Lipinski definition) is 0. The van der Waals surface area contributed by atoms with Crippen molar-refractivity contribution in [3.05, 3.63) is 12.2 Å². The normalized spacial score (nSPS) is 56.0. The Morgan fingerprint density at radius 1 is 1.40 bits per heavy atom. The van der Waals surface area contributed by atoms with Gasteiger partial charge in [0, 0.05) is 2.74 Å². The van der Waals surface area contributed by atoms with Crippen LogP contribution >= 0.6 is 0 Å². The third-order valence-corrected chi connectivity index (χ3v) is 0.655. The van der Waals surface area contributed by atoms with Crippen LogP contribution in [0.15, 0.2) is 12.2 Å². The summed E-state index contributed by atoms with van der Waals surface area (Å²) in [6.45, 7) is 0. The molecule has 2 atom stereocenters. The Balaban J connectivity index is 2.42. The first-order valence-corrected chi connectivity index (χ1v) is 1.82. The predicted molar refractivity (Wildman–Crippen MR) is 23.0 cm³/mol. The van der Waals surface area contributed by atoms with Crippen molar-refractivity contribution in [1.29, 1.82) is 0 Å². The topological polar surface area (TPSA) is 0 Å². The molecule has 5 heavy (non-hydrogen) atoms. The van der Waals surface area contributed by atoms with Gasteiger partial charge in [0.1, 0.15) is 0 Å². The van der Waals surface area contributed by atoms with Gasteiger partial charge in [-0.1, -0.05) is 12.2 Å². The van der Waals surface area contributed by atoms with E-state index < -0.39 is 0 Å². The van der Waals surface area contributed by atoms with Crippen LogP contribution in [0.2, 0.25) is 0 Å². The molecule has 0 radical (unpaired) electrons. The van der Waals surface area contributed by atoms with Gasteiger partial charge in [0.2, 0.25) is 0 Å². The minimum Gasteiger partial charge on any atom is -0.0885 e. The highest BCUT2D eigenvalue weighted by Gasteiger charge is 1.84. The van der Waals surface area contributed by atoms with E-state index in [1.807, 2.05) is 0 Å². The van der Waals surface area contributed by atoms with Gasteiger partial charge >= 0.3 is 0 Å². The first kappa shape index (κ1) is 1.46. The van der Waals surface area contributed by atoms with Gasteiger partial charge in [0.15, 0.2) is 0 Å². The molecule has 0 amide bonds. The number of rotatable bonds is 0. The van der Waals surface area contributed by atoms with E-state index in [0.29, 0.717) is 6.42 Å². The van der Waals surface area contributed by atoms with Crippen molar-refractivity contribution in [1.82, 2.24) is 0 Å². The molecule has 0 spiro atoms. The minimum atomic E-state index is -0.0949. The molecule has 0 N–H and O–H groups in total. The Labute approximate surface area is 35.3 Å². The molecule has 0 aromatic carbocycles. The molecule has 1 aliphatic rings. The van der Waals surface area contributed by atoms with E-state index in [4.69, 9.17) is 2.74 Å². The Morgan fingerprint density at radius 2 is 2.00 bits per heavy atom. The summed E-state index contributed by atoms with van der Waals surface area (Å²) >= 11 is 0. The summed E-state index contributed by atoms with van der Waals surface area (Å²) in [5.74, 6) is 0. The van der Waals surface area contributed by atoms with Gasteiger partial charge in [-0.05, 0) is 19.2 Å². The summed E-state index contributed by atoms with van der Waals surface area (Å²) in [7, 11) is 0. The summed E-state index contributed by atoms with van der Waals surface area (Å²) in [4.78, 5) is 0. The highest BCUT2D eigenvalue weighted by molar-refractivity contribution is 4.88. The number of hydrogen-bond donors (Lipinski definition) is 0. The van der Waals surface area contributed by atoms with Crippen LogP contribution in [0.5, 0.6) is 0 Å². The molecule has 0 aromatic heterocycles. The van der Waals surface area contributed by atoms with Crippen molar-refractivity contribution in [2.24, 2.45) is 0 Å². The Kier molecular flexibility index (Phi) is 0.365. The van der Waals surface area contributed by atoms with Gasteiger partial charge < -0.3 is 0 Å². The molecule has 0 saturated carbocycles. The maximum absolute atomic E-state index is 7.06. The van der Waals surface area contributed by atoms with Gasteiger partial charge in [0.05, 0.1) is 0 Å². The van der Waals surface area contributed by atoms with Gasteiger partial charge in [-0.2, -0.15) is 0 Å². The van der Waals surface area contributed by atoms with Crippen LogP contribution in [0.25, 0.3) is 0 Å². The lowest BCUT2D eigenvalue weighted by Gasteiger charge is -1.69.